The number of rotatable bonds is 5. The summed E-state index contributed by atoms with van der Waals surface area (Å²) in [6.45, 7) is 0. The summed E-state index contributed by atoms with van der Waals surface area (Å²) in [5, 5.41) is 7.35. The summed E-state index contributed by atoms with van der Waals surface area (Å²) < 4.78 is 5.32. The second-order valence-corrected chi connectivity index (χ2v) is 5.75. The normalized spacial score (nSPS) is 10.3. The molecule has 0 amide bonds. The molecule has 0 unspecified atom stereocenters. The molecule has 0 aliphatic carbocycles. The summed E-state index contributed by atoms with van der Waals surface area (Å²) in [6.07, 6.45) is 1.65. The van der Waals surface area contributed by atoms with Crippen molar-refractivity contribution >= 4 is 46.3 Å². The molecule has 0 bridgehead atoms. The Morgan fingerprint density at radius 2 is 1.71 bits per heavy atom. The van der Waals surface area contributed by atoms with Gasteiger partial charge in [-0.05, 0) is 36.4 Å². The van der Waals surface area contributed by atoms with E-state index in [2.05, 4.69) is 20.6 Å². The predicted molar refractivity (Wildman–Crippen MR) is 98.1 cm³/mol. The van der Waals surface area contributed by atoms with Gasteiger partial charge in [0.1, 0.15) is 11.6 Å². The molecule has 0 atom stereocenters. The smallest absolute Gasteiger partial charge is 0.229 e. The molecule has 0 fully saturated rings. The number of nitrogens with zero attached hydrogens (tertiary/aromatic N) is 2. The Labute approximate surface area is 149 Å². The summed E-state index contributed by atoms with van der Waals surface area (Å²) >= 11 is 12.0. The lowest BCUT2D eigenvalue weighted by Gasteiger charge is -2.11. The molecular formula is C17H14Cl2N4O. The minimum Gasteiger partial charge on any atom is -0.495 e. The first-order valence-electron chi connectivity index (χ1n) is 7.10. The summed E-state index contributed by atoms with van der Waals surface area (Å²) in [5.74, 6) is 1.78. The molecule has 24 heavy (non-hydrogen) atoms. The molecule has 0 spiro atoms. The lowest BCUT2D eigenvalue weighted by molar-refractivity contribution is 0.417. The van der Waals surface area contributed by atoms with Gasteiger partial charge >= 0.3 is 0 Å². The van der Waals surface area contributed by atoms with Crippen LogP contribution in [0.2, 0.25) is 10.0 Å². The highest BCUT2D eigenvalue weighted by atomic mass is 35.5. The second-order valence-electron chi connectivity index (χ2n) is 4.87. The van der Waals surface area contributed by atoms with Crippen molar-refractivity contribution in [1.82, 2.24) is 9.97 Å². The van der Waals surface area contributed by atoms with Crippen LogP contribution in [0.25, 0.3) is 0 Å². The van der Waals surface area contributed by atoms with E-state index in [9.17, 15) is 0 Å². The number of benzene rings is 2. The third kappa shape index (κ3) is 4.07. The van der Waals surface area contributed by atoms with E-state index in [0.717, 1.165) is 11.4 Å². The van der Waals surface area contributed by atoms with Crippen LogP contribution in [0.5, 0.6) is 5.75 Å². The maximum Gasteiger partial charge on any atom is 0.229 e. The Hall–Kier alpha value is -2.50. The molecular weight excluding hydrogens is 347 g/mol. The van der Waals surface area contributed by atoms with Crippen LogP contribution in [0.4, 0.5) is 23.1 Å². The molecule has 1 aromatic heterocycles. The van der Waals surface area contributed by atoms with E-state index in [-0.39, 0.29) is 0 Å². The number of aromatic nitrogens is 2. The molecule has 7 heteroatoms. The van der Waals surface area contributed by atoms with Gasteiger partial charge in [-0.25, -0.2) is 4.98 Å². The van der Waals surface area contributed by atoms with Gasteiger partial charge in [0, 0.05) is 21.9 Å². The molecule has 3 rings (SSSR count). The van der Waals surface area contributed by atoms with Crippen molar-refractivity contribution < 1.29 is 4.74 Å². The third-order valence-corrected chi connectivity index (χ3v) is 3.58. The van der Waals surface area contributed by atoms with Crippen molar-refractivity contribution in [2.45, 2.75) is 0 Å². The van der Waals surface area contributed by atoms with Gasteiger partial charge in [0.2, 0.25) is 5.95 Å². The highest BCUT2D eigenvalue weighted by Crippen LogP contribution is 2.27. The van der Waals surface area contributed by atoms with Crippen molar-refractivity contribution in [3.8, 4) is 5.75 Å². The lowest BCUT2D eigenvalue weighted by Crippen LogP contribution is -2.01. The number of nitrogens with one attached hydrogen (secondary N) is 2. The number of methoxy groups -OCH3 is 1. The largest absolute Gasteiger partial charge is 0.495 e. The molecule has 3 aromatic rings. The zero-order chi connectivity index (χ0) is 16.9. The Balaban J connectivity index is 1.81. The average Bonchev–Trinajstić information content (AvgIpc) is 2.55. The van der Waals surface area contributed by atoms with Crippen molar-refractivity contribution in [2.75, 3.05) is 17.7 Å². The van der Waals surface area contributed by atoms with Gasteiger partial charge in [0.05, 0.1) is 12.8 Å². The highest BCUT2D eigenvalue weighted by Gasteiger charge is 2.05. The van der Waals surface area contributed by atoms with Crippen molar-refractivity contribution in [3.63, 3.8) is 0 Å². The molecule has 0 aliphatic heterocycles. The quantitative estimate of drug-likeness (QED) is 0.648. The maximum atomic E-state index is 6.00. The summed E-state index contributed by atoms with van der Waals surface area (Å²) in [4.78, 5) is 8.62. The average molecular weight is 361 g/mol. The Morgan fingerprint density at radius 1 is 0.958 bits per heavy atom. The van der Waals surface area contributed by atoms with Gasteiger partial charge in [-0.3, -0.25) is 0 Å². The lowest BCUT2D eigenvalue weighted by atomic mass is 10.3. The molecule has 5 nitrogen and oxygen atoms in total. The fourth-order valence-electron chi connectivity index (χ4n) is 2.13. The predicted octanol–water partition coefficient (Wildman–Crippen LogP) is 5.28. The van der Waals surface area contributed by atoms with Gasteiger partial charge in [-0.2, -0.15) is 4.98 Å². The van der Waals surface area contributed by atoms with Crippen LogP contribution in [0.3, 0.4) is 0 Å². The fraction of sp³-hybridized carbons (Fsp3) is 0.0588. The first-order chi connectivity index (χ1) is 11.6. The number of ether oxygens (including phenoxy) is 1. The fourth-order valence-corrected chi connectivity index (χ4v) is 2.66. The van der Waals surface area contributed by atoms with E-state index in [4.69, 9.17) is 27.9 Å². The van der Waals surface area contributed by atoms with E-state index in [1.165, 1.54) is 0 Å². The van der Waals surface area contributed by atoms with Crippen molar-refractivity contribution in [1.29, 1.82) is 0 Å². The van der Waals surface area contributed by atoms with Gasteiger partial charge in [0.25, 0.3) is 0 Å². The minimum atomic E-state index is 0.424. The second kappa shape index (κ2) is 7.38. The van der Waals surface area contributed by atoms with Crippen molar-refractivity contribution in [2.24, 2.45) is 0 Å². The Bertz CT molecular complexity index is 837. The maximum absolute atomic E-state index is 6.00. The zero-order valence-corrected chi connectivity index (χ0v) is 14.3. The molecule has 0 saturated carbocycles. The van der Waals surface area contributed by atoms with Crippen LogP contribution >= 0.6 is 23.2 Å². The number of para-hydroxylation sites is 2. The number of hydrogen-bond donors (Lipinski definition) is 2. The molecule has 1 heterocycles. The molecule has 2 aromatic carbocycles. The Kier molecular flexibility index (Phi) is 5.03. The van der Waals surface area contributed by atoms with Crippen LogP contribution in [0.15, 0.2) is 54.7 Å². The highest BCUT2D eigenvalue weighted by molar-refractivity contribution is 6.35. The van der Waals surface area contributed by atoms with Crippen LogP contribution in [0.1, 0.15) is 0 Å². The van der Waals surface area contributed by atoms with Crippen LogP contribution in [-0.2, 0) is 0 Å². The Morgan fingerprint density at radius 3 is 2.46 bits per heavy atom. The van der Waals surface area contributed by atoms with E-state index < -0.39 is 0 Å². The van der Waals surface area contributed by atoms with E-state index in [1.54, 1.807) is 37.6 Å². The van der Waals surface area contributed by atoms with Crippen LogP contribution in [-0.4, -0.2) is 17.1 Å². The van der Waals surface area contributed by atoms with Gasteiger partial charge in [-0.15, -0.1) is 0 Å². The summed E-state index contributed by atoms with van der Waals surface area (Å²) in [5.41, 5.74) is 1.53. The summed E-state index contributed by atoms with van der Waals surface area (Å²) in [6, 6.07) is 14.5. The monoisotopic (exact) mass is 360 g/mol. The first-order valence-corrected chi connectivity index (χ1v) is 7.86. The third-order valence-electron chi connectivity index (χ3n) is 3.14. The standard InChI is InChI=1S/C17H14Cl2N4O/c1-24-15-5-3-2-4-14(15)22-16-6-7-20-17(23-16)21-13-9-11(18)8-12(19)10-13/h2-10H,1H3,(H2,20,21,22,23). The molecule has 122 valence electrons. The SMILES string of the molecule is COc1ccccc1Nc1ccnc(Nc2cc(Cl)cc(Cl)c2)n1. The minimum absolute atomic E-state index is 0.424. The molecule has 0 radical (unpaired) electrons. The molecule has 2 N–H and O–H groups in total. The van der Waals surface area contributed by atoms with E-state index >= 15 is 0 Å². The summed E-state index contributed by atoms with van der Waals surface area (Å²) in [7, 11) is 1.62. The number of halogens is 2. The number of hydrogen-bond acceptors (Lipinski definition) is 5. The van der Waals surface area contributed by atoms with E-state index in [1.807, 2.05) is 24.3 Å². The first kappa shape index (κ1) is 16.4. The molecule has 0 saturated heterocycles. The van der Waals surface area contributed by atoms with Crippen LogP contribution < -0.4 is 15.4 Å². The van der Waals surface area contributed by atoms with Crippen LogP contribution in [0, 0.1) is 0 Å². The topological polar surface area (TPSA) is 59.1 Å². The molecule has 0 aliphatic rings. The van der Waals surface area contributed by atoms with E-state index in [0.29, 0.717) is 27.5 Å². The zero-order valence-electron chi connectivity index (χ0n) is 12.8. The van der Waals surface area contributed by atoms with Gasteiger partial charge < -0.3 is 15.4 Å². The number of anilines is 4. The van der Waals surface area contributed by atoms with Gasteiger partial charge in [0.15, 0.2) is 0 Å². The van der Waals surface area contributed by atoms with Gasteiger partial charge in [-0.1, -0.05) is 35.3 Å². The van der Waals surface area contributed by atoms with Crippen molar-refractivity contribution in [3.05, 3.63) is 64.8 Å².